The normalized spacial score (nSPS) is 21.5. The Hall–Kier alpha value is -1.55. The molecule has 0 atom stereocenters. The molecule has 1 aliphatic carbocycles. The van der Waals surface area contributed by atoms with Crippen LogP contribution in [0.2, 0.25) is 0 Å². The van der Waals surface area contributed by atoms with Crippen LogP contribution >= 0.6 is 0 Å². The second-order valence-corrected chi connectivity index (χ2v) is 6.73. The molecular formula is C18H26N2O2. The quantitative estimate of drug-likeness (QED) is 0.901. The van der Waals surface area contributed by atoms with Crippen molar-refractivity contribution in [2.45, 2.75) is 51.2 Å². The molecule has 1 amide bonds. The smallest absolute Gasteiger partial charge is 0.407 e. The minimum atomic E-state index is -0.282. The summed E-state index contributed by atoms with van der Waals surface area (Å²) >= 11 is 0. The van der Waals surface area contributed by atoms with Gasteiger partial charge in [0.05, 0.1) is 0 Å². The first kappa shape index (κ1) is 15.3. The number of benzene rings is 1. The monoisotopic (exact) mass is 302 g/mol. The van der Waals surface area contributed by atoms with E-state index in [9.17, 15) is 4.79 Å². The summed E-state index contributed by atoms with van der Waals surface area (Å²) < 4.78 is 5.31. The summed E-state index contributed by atoms with van der Waals surface area (Å²) in [5.41, 5.74) is 1.56. The Morgan fingerprint density at radius 2 is 1.82 bits per heavy atom. The molecule has 2 N–H and O–H groups in total. The molecule has 0 bridgehead atoms. The highest BCUT2D eigenvalue weighted by molar-refractivity contribution is 5.67. The average Bonchev–Trinajstić information content (AvgIpc) is 2.57. The summed E-state index contributed by atoms with van der Waals surface area (Å²) in [7, 11) is 0. The van der Waals surface area contributed by atoms with Crippen molar-refractivity contribution >= 4 is 6.09 Å². The van der Waals surface area contributed by atoms with Crippen molar-refractivity contribution in [2.75, 3.05) is 13.1 Å². The molecule has 1 saturated carbocycles. The molecule has 2 fully saturated rings. The molecule has 0 aromatic heterocycles. The number of ether oxygens (including phenoxy) is 1. The molecule has 22 heavy (non-hydrogen) atoms. The zero-order valence-electron chi connectivity index (χ0n) is 13.1. The number of rotatable bonds is 3. The van der Waals surface area contributed by atoms with Gasteiger partial charge in [-0.3, -0.25) is 0 Å². The van der Waals surface area contributed by atoms with Crippen molar-refractivity contribution in [1.82, 2.24) is 10.6 Å². The lowest BCUT2D eigenvalue weighted by Crippen LogP contribution is -2.44. The van der Waals surface area contributed by atoms with Crippen LogP contribution in [0.3, 0.4) is 0 Å². The van der Waals surface area contributed by atoms with Crippen molar-refractivity contribution in [1.29, 1.82) is 0 Å². The standard InChI is InChI=1S/C18H26N2O2/c21-17(22-14-15-4-2-1-3-5-15)20-16-6-8-18(9-7-16)10-12-19-13-11-18/h1-5,16,19H,6-14H2,(H,20,21). The fraction of sp³-hybridized carbons (Fsp3) is 0.611. The number of alkyl carbamates (subject to hydrolysis) is 1. The minimum absolute atomic E-state index is 0.281. The maximum absolute atomic E-state index is 11.9. The van der Waals surface area contributed by atoms with E-state index in [0.717, 1.165) is 31.5 Å². The SMILES string of the molecule is O=C(NC1CCC2(CCNCC2)CC1)OCc1ccccc1. The Labute approximate surface area is 132 Å². The van der Waals surface area contributed by atoms with Crippen LogP contribution in [-0.4, -0.2) is 25.2 Å². The first-order valence-electron chi connectivity index (χ1n) is 8.44. The van der Waals surface area contributed by atoms with Gasteiger partial charge in [0.2, 0.25) is 0 Å². The van der Waals surface area contributed by atoms with Gasteiger partial charge in [-0.15, -0.1) is 0 Å². The van der Waals surface area contributed by atoms with E-state index in [-0.39, 0.29) is 12.1 Å². The molecule has 1 saturated heterocycles. The van der Waals surface area contributed by atoms with E-state index < -0.39 is 0 Å². The van der Waals surface area contributed by atoms with Crippen molar-refractivity contribution in [2.24, 2.45) is 5.41 Å². The Bertz CT molecular complexity index is 473. The minimum Gasteiger partial charge on any atom is -0.445 e. The van der Waals surface area contributed by atoms with Crippen LogP contribution in [0.5, 0.6) is 0 Å². The Balaban J connectivity index is 1.39. The van der Waals surface area contributed by atoms with Crippen molar-refractivity contribution in [3.05, 3.63) is 35.9 Å². The molecule has 1 spiro atoms. The number of piperidine rings is 1. The van der Waals surface area contributed by atoms with Crippen LogP contribution in [0.4, 0.5) is 4.79 Å². The van der Waals surface area contributed by atoms with E-state index in [4.69, 9.17) is 4.74 Å². The molecule has 1 aromatic rings. The first-order chi connectivity index (χ1) is 10.8. The molecule has 1 heterocycles. The number of amides is 1. The van der Waals surface area contributed by atoms with Crippen molar-refractivity contribution in [3.63, 3.8) is 0 Å². The lowest BCUT2D eigenvalue weighted by atomic mass is 9.67. The second-order valence-electron chi connectivity index (χ2n) is 6.73. The van der Waals surface area contributed by atoms with Gasteiger partial charge in [0.1, 0.15) is 6.61 Å². The first-order valence-corrected chi connectivity index (χ1v) is 8.44. The number of carbonyl (C=O) groups excluding carboxylic acids is 1. The maximum atomic E-state index is 11.9. The van der Waals surface area contributed by atoms with E-state index in [0.29, 0.717) is 12.0 Å². The summed E-state index contributed by atoms with van der Waals surface area (Å²) in [5.74, 6) is 0. The topological polar surface area (TPSA) is 50.4 Å². The summed E-state index contributed by atoms with van der Waals surface area (Å²) in [6, 6.07) is 10.1. The van der Waals surface area contributed by atoms with Gasteiger partial charge in [-0.2, -0.15) is 0 Å². The van der Waals surface area contributed by atoms with Gasteiger partial charge in [-0.1, -0.05) is 30.3 Å². The van der Waals surface area contributed by atoms with Gasteiger partial charge >= 0.3 is 6.09 Å². The van der Waals surface area contributed by atoms with Crippen molar-refractivity contribution < 1.29 is 9.53 Å². The maximum Gasteiger partial charge on any atom is 0.407 e. The molecule has 4 heteroatoms. The number of hydrogen-bond donors (Lipinski definition) is 2. The van der Waals surface area contributed by atoms with E-state index >= 15 is 0 Å². The van der Waals surface area contributed by atoms with Gasteiger partial charge in [0.15, 0.2) is 0 Å². The highest BCUT2D eigenvalue weighted by Crippen LogP contribution is 2.43. The van der Waals surface area contributed by atoms with Crippen LogP contribution < -0.4 is 10.6 Å². The molecule has 0 radical (unpaired) electrons. The molecule has 1 aromatic carbocycles. The summed E-state index contributed by atoms with van der Waals surface area (Å²) in [5, 5.41) is 6.48. The number of nitrogens with one attached hydrogen (secondary N) is 2. The molecule has 2 aliphatic rings. The number of hydrogen-bond acceptors (Lipinski definition) is 3. The van der Waals surface area contributed by atoms with Crippen LogP contribution in [0.1, 0.15) is 44.1 Å². The second kappa shape index (κ2) is 7.14. The van der Waals surface area contributed by atoms with Crippen LogP contribution in [-0.2, 0) is 11.3 Å². The van der Waals surface area contributed by atoms with E-state index in [2.05, 4.69) is 10.6 Å². The Kier molecular flexibility index (Phi) is 4.98. The third-order valence-corrected chi connectivity index (χ3v) is 5.25. The molecule has 1 aliphatic heterocycles. The zero-order chi connectivity index (χ0) is 15.3. The average molecular weight is 302 g/mol. The third kappa shape index (κ3) is 4.01. The predicted octanol–water partition coefficient (Wildman–Crippen LogP) is 3.23. The molecule has 120 valence electrons. The zero-order valence-corrected chi connectivity index (χ0v) is 13.1. The predicted molar refractivity (Wildman–Crippen MR) is 86.6 cm³/mol. The summed E-state index contributed by atoms with van der Waals surface area (Å²) in [4.78, 5) is 11.9. The fourth-order valence-corrected chi connectivity index (χ4v) is 3.76. The van der Waals surface area contributed by atoms with E-state index in [1.165, 1.54) is 25.7 Å². The number of carbonyl (C=O) groups is 1. The Morgan fingerprint density at radius 1 is 1.14 bits per heavy atom. The summed E-state index contributed by atoms with van der Waals surface area (Å²) in [6.45, 7) is 2.64. The molecule has 3 rings (SSSR count). The van der Waals surface area contributed by atoms with Gasteiger partial charge in [0, 0.05) is 6.04 Å². The van der Waals surface area contributed by atoms with Crippen LogP contribution in [0.25, 0.3) is 0 Å². The summed E-state index contributed by atoms with van der Waals surface area (Å²) in [6.07, 6.45) is 6.93. The van der Waals surface area contributed by atoms with Crippen LogP contribution in [0, 0.1) is 5.41 Å². The van der Waals surface area contributed by atoms with Gasteiger partial charge in [-0.25, -0.2) is 4.79 Å². The Morgan fingerprint density at radius 3 is 2.50 bits per heavy atom. The highest BCUT2D eigenvalue weighted by Gasteiger charge is 2.36. The highest BCUT2D eigenvalue weighted by atomic mass is 16.5. The molecule has 0 unspecified atom stereocenters. The lowest BCUT2D eigenvalue weighted by molar-refractivity contribution is 0.102. The molecular weight excluding hydrogens is 276 g/mol. The fourth-order valence-electron chi connectivity index (χ4n) is 3.76. The van der Waals surface area contributed by atoms with Crippen LogP contribution in [0.15, 0.2) is 30.3 Å². The van der Waals surface area contributed by atoms with Gasteiger partial charge in [-0.05, 0) is 62.6 Å². The third-order valence-electron chi connectivity index (χ3n) is 5.25. The van der Waals surface area contributed by atoms with Gasteiger partial charge in [0.25, 0.3) is 0 Å². The lowest BCUT2D eigenvalue weighted by Gasteiger charge is -2.43. The van der Waals surface area contributed by atoms with E-state index in [1.807, 2.05) is 30.3 Å². The molecule has 4 nitrogen and oxygen atoms in total. The van der Waals surface area contributed by atoms with E-state index in [1.54, 1.807) is 0 Å². The van der Waals surface area contributed by atoms with Gasteiger partial charge < -0.3 is 15.4 Å². The largest absolute Gasteiger partial charge is 0.445 e. The van der Waals surface area contributed by atoms with Crippen molar-refractivity contribution in [3.8, 4) is 0 Å².